The molecule has 0 aromatic heterocycles. The average molecular weight is 382 g/mol. The van der Waals surface area contributed by atoms with E-state index in [-0.39, 0.29) is 5.82 Å². The van der Waals surface area contributed by atoms with Crippen molar-refractivity contribution in [1.29, 1.82) is 0 Å². The molecule has 2 aromatic carbocycles. The third-order valence-electron chi connectivity index (χ3n) is 2.78. The molecule has 19 heavy (non-hydrogen) atoms. The van der Waals surface area contributed by atoms with Gasteiger partial charge in [0.1, 0.15) is 5.82 Å². The Kier molecular flexibility index (Phi) is 4.78. The molecule has 0 aliphatic carbocycles. The fraction of sp³-hybridized carbons (Fsp3) is 0.143. The Morgan fingerprint density at radius 2 is 1.68 bits per heavy atom. The van der Waals surface area contributed by atoms with Crippen LogP contribution in [0.25, 0.3) is 0 Å². The lowest BCUT2D eigenvalue weighted by Crippen LogP contribution is -1.98. The molecule has 1 atom stereocenters. The monoisotopic (exact) mass is 380 g/mol. The Bertz CT molecular complexity index is 628. The van der Waals surface area contributed by atoms with Gasteiger partial charge in [0.2, 0.25) is 0 Å². The molecule has 0 bridgehead atoms. The molecule has 0 aliphatic heterocycles. The molecule has 0 heterocycles. The molecule has 0 amide bonds. The molecule has 2 rings (SSSR count). The zero-order chi connectivity index (χ0) is 14.2. The van der Waals surface area contributed by atoms with Crippen molar-refractivity contribution in [2.24, 2.45) is 0 Å². The van der Waals surface area contributed by atoms with Gasteiger partial charge in [-0.1, -0.05) is 39.1 Å². The van der Waals surface area contributed by atoms with Crippen LogP contribution in [0.4, 0.5) is 4.39 Å². The summed E-state index contributed by atoms with van der Waals surface area (Å²) in [6.45, 7) is 1.67. The summed E-state index contributed by atoms with van der Waals surface area (Å²) < 4.78 is 14.3. The van der Waals surface area contributed by atoms with E-state index in [2.05, 4.69) is 15.9 Å². The smallest absolute Gasteiger partial charge is 0.127 e. The molecule has 2 aromatic rings. The minimum absolute atomic E-state index is 0.291. The van der Waals surface area contributed by atoms with E-state index in [1.54, 1.807) is 19.1 Å². The summed E-state index contributed by atoms with van der Waals surface area (Å²) in [4.78, 5) is 0. The van der Waals surface area contributed by atoms with Crippen molar-refractivity contribution >= 4 is 50.7 Å². The van der Waals surface area contributed by atoms with Gasteiger partial charge in [-0.3, -0.25) is 0 Å². The number of halogens is 5. The van der Waals surface area contributed by atoms with Crippen molar-refractivity contribution in [2.45, 2.75) is 12.3 Å². The maximum atomic E-state index is 13.4. The van der Waals surface area contributed by atoms with Crippen LogP contribution in [0.5, 0.6) is 0 Å². The van der Waals surface area contributed by atoms with E-state index in [0.29, 0.717) is 21.2 Å². The summed E-state index contributed by atoms with van der Waals surface area (Å²) in [5.41, 5.74) is 1.86. The molecule has 0 N–H and O–H groups in total. The zero-order valence-corrected chi connectivity index (χ0v) is 13.7. The molecule has 0 fully saturated rings. The maximum Gasteiger partial charge on any atom is 0.127 e. The van der Waals surface area contributed by atoms with Gasteiger partial charge in [-0.25, -0.2) is 4.39 Å². The van der Waals surface area contributed by atoms with E-state index in [0.717, 1.165) is 10.0 Å². The van der Waals surface area contributed by atoms with Gasteiger partial charge in [-0.05, 0) is 53.9 Å². The molecule has 100 valence electrons. The van der Waals surface area contributed by atoms with Gasteiger partial charge >= 0.3 is 0 Å². The lowest BCUT2D eigenvalue weighted by atomic mass is 10.0. The molecule has 1 unspecified atom stereocenters. The van der Waals surface area contributed by atoms with Crippen LogP contribution in [0.15, 0.2) is 34.8 Å². The van der Waals surface area contributed by atoms with Gasteiger partial charge in [0.15, 0.2) is 0 Å². The molecular formula is C14H9BrCl3F. The SMILES string of the molecule is Cc1cc(C(Cl)c2cc(Br)ccc2Cl)c(Cl)cc1F. The van der Waals surface area contributed by atoms with Crippen LogP contribution in [0, 0.1) is 12.7 Å². The Hall–Kier alpha value is -0.280. The van der Waals surface area contributed by atoms with E-state index in [9.17, 15) is 4.39 Å². The molecule has 0 radical (unpaired) electrons. The summed E-state index contributed by atoms with van der Waals surface area (Å²) in [6, 6.07) is 8.32. The Labute approximate surface area is 134 Å². The van der Waals surface area contributed by atoms with E-state index >= 15 is 0 Å². The first kappa shape index (κ1) is 15.1. The van der Waals surface area contributed by atoms with E-state index in [4.69, 9.17) is 34.8 Å². The molecule has 0 spiro atoms. The zero-order valence-electron chi connectivity index (χ0n) is 9.85. The fourth-order valence-corrected chi connectivity index (χ4v) is 3.09. The minimum Gasteiger partial charge on any atom is -0.207 e. The van der Waals surface area contributed by atoms with Gasteiger partial charge in [0, 0.05) is 14.5 Å². The summed E-state index contributed by atoms with van der Waals surface area (Å²) >= 11 is 22.0. The van der Waals surface area contributed by atoms with Gasteiger partial charge in [0.25, 0.3) is 0 Å². The number of hydrogen-bond donors (Lipinski definition) is 0. The van der Waals surface area contributed by atoms with Crippen molar-refractivity contribution < 1.29 is 4.39 Å². The molecule has 5 heteroatoms. The highest BCUT2D eigenvalue weighted by Crippen LogP contribution is 2.39. The number of rotatable bonds is 2. The Morgan fingerprint density at radius 3 is 2.37 bits per heavy atom. The third kappa shape index (κ3) is 3.25. The summed E-state index contributed by atoms with van der Waals surface area (Å²) in [5, 5.41) is 0.303. The number of benzene rings is 2. The fourth-order valence-electron chi connectivity index (χ4n) is 1.75. The van der Waals surface area contributed by atoms with Crippen LogP contribution in [0.1, 0.15) is 22.1 Å². The highest BCUT2D eigenvalue weighted by atomic mass is 79.9. The van der Waals surface area contributed by atoms with Crippen molar-refractivity contribution in [1.82, 2.24) is 0 Å². The molecule has 0 saturated heterocycles. The van der Waals surface area contributed by atoms with Crippen LogP contribution in [0.2, 0.25) is 10.0 Å². The van der Waals surface area contributed by atoms with Crippen molar-refractivity contribution in [3.8, 4) is 0 Å². The molecule has 0 saturated carbocycles. The topological polar surface area (TPSA) is 0 Å². The number of aryl methyl sites for hydroxylation is 1. The molecule has 0 aliphatic rings. The van der Waals surface area contributed by atoms with Crippen LogP contribution >= 0.6 is 50.7 Å². The van der Waals surface area contributed by atoms with Crippen LogP contribution < -0.4 is 0 Å². The third-order valence-corrected chi connectivity index (χ3v) is 4.42. The van der Waals surface area contributed by atoms with Gasteiger partial charge in [-0.15, -0.1) is 11.6 Å². The van der Waals surface area contributed by atoms with Gasteiger partial charge in [0.05, 0.1) is 5.38 Å². The van der Waals surface area contributed by atoms with E-state index in [1.165, 1.54) is 6.07 Å². The first-order valence-corrected chi connectivity index (χ1v) is 7.43. The Balaban J connectivity index is 2.52. The van der Waals surface area contributed by atoms with Crippen molar-refractivity contribution in [2.75, 3.05) is 0 Å². The summed E-state index contributed by atoms with van der Waals surface area (Å²) in [5.74, 6) is -0.349. The lowest BCUT2D eigenvalue weighted by molar-refractivity contribution is 0.618. The largest absolute Gasteiger partial charge is 0.207 e. The second-order valence-corrected chi connectivity index (χ2v) is 6.32. The highest BCUT2D eigenvalue weighted by Gasteiger charge is 2.19. The number of alkyl halides is 1. The average Bonchev–Trinajstić information content (AvgIpc) is 2.36. The second kappa shape index (κ2) is 6.01. The molecule has 0 nitrogen and oxygen atoms in total. The normalized spacial score (nSPS) is 12.5. The van der Waals surface area contributed by atoms with Gasteiger partial charge < -0.3 is 0 Å². The van der Waals surface area contributed by atoms with Gasteiger partial charge in [-0.2, -0.15) is 0 Å². The second-order valence-electron chi connectivity index (χ2n) is 4.15. The van der Waals surface area contributed by atoms with Crippen LogP contribution in [0.3, 0.4) is 0 Å². The lowest BCUT2D eigenvalue weighted by Gasteiger charge is -2.15. The Morgan fingerprint density at radius 1 is 1.05 bits per heavy atom. The van der Waals surface area contributed by atoms with Crippen molar-refractivity contribution in [3.63, 3.8) is 0 Å². The van der Waals surface area contributed by atoms with Crippen LogP contribution in [-0.2, 0) is 0 Å². The van der Waals surface area contributed by atoms with E-state index < -0.39 is 5.38 Å². The predicted molar refractivity (Wildman–Crippen MR) is 83.0 cm³/mol. The maximum absolute atomic E-state index is 13.4. The molecular weight excluding hydrogens is 373 g/mol. The van der Waals surface area contributed by atoms with Crippen LogP contribution in [-0.4, -0.2) is 0 Å². The number of hydrogen-bond acceptors (Lipinski definition) is 0. The predicted octanol–water partition coefficient (Wildman–Crippen LogP) is 6.53. The van der Waals surface area contributed by atoms with E-state index in [1.807, 2.05) is 12.1 Å². The quantitative estimate of drug-likeness (QED) is 0.518. The first-order valence-electron chi connectivity index (χ1n) is 5.44. The first-order chi connectivity index (χ1) is 8.90. The van der Waals surface area contributed by atoms with Crippen molar-refractivity contribution in [3.05, 3.63) is 67.4 Å². The standard InChI is InChI=1S/C14H9BrCl3F/c1-7-4-9(12(17)6-13(7)19)14(18)10-5-8(15)2-3-11(10)16/h2-6,14H,1H3. The highest BCUT2D eigenvalue weighted by molar-refractivity contribution is 9.10. The summed E-state index contributed by atoms with van der Waals surface area (Å²) in [6.07, 6.45) is 0. The minimum atomic E-state index is -0.531. The summed E-state index contributed by atoms with van der Waals surface area (Å²) in [7, 11) is 0.